The number of benzene rings is 2. The van der Waals surface area contributed by atoms with Crippen LogP contribution in [-0.4, -0.2) is 35.6 Å². The summed E-state index contributed by atoms with van der Waals surface area (Å²) in [5.41, 5.74) is 0.211. The van der Waals surface area contributed by atoms with Gasteiger partial charge in [0.05, 0.1) is 20.0 Å². The van der Waals surface area contributed by atoms with E-state index in [2.05, 4.69) is 4.98 Å². The highest BCUT2D eigenvalue weighted by Gasteiger charge is 2.27. The van der Waals surface area contributed by atoms with E-state index >= 15 is 0 Å². The van der Waals surface area contributed by atoms with Gasteiger partial charge >= 0.3 is 0 Å². The lowest BCUT2D eigenvalue weighted by atomic mass is 10.3. The molecule has 28 heavy (non-hydrogen) atoms. The molecule has 0 saturated carbocycles. The average Bonchev–Trinajstić information content (AvgIpc) is 3.08. The fourth-order valence-electron chi connectivity index (χ4n) is 2.28. The van der Waals surface area contributed by atoms with E-state index in [0.717, 1.165) is 41.5 Å². The van der Waals surface area contributed by atoms with Crippen molar-refractivity contribution < 1.29 is 18.1 Å². The highest BCUT2D eigenvalue weighted by Crippen LogP contribution is 2.28. The number of nitro groups is 1. The number of carbonyl (C=O) groups excluding carboxylic acids is 1. The van der Waals surface area contributed by atoms with E-state index in [9.17, 15) is 23.3 Å². The van der Waals surface area contributed by atoms with Gasteiger partial charge in [0.25, 0.3) is 21.6 Å². The molecule has 11 heteroatoms. The van der Waals surface area contributed by atoms with Crippen molar-refractivity contribution in [1.82, 2.24) is 9.29 Å². The first-order valence-electron chi connectivity index (χ1n) is 7.70. The van der Waals surface area contributed by atoms with E-state index in [0.29, 0.717) is 9.31 Å². The summed E-state index contributed by atoms with van der Waals surface area (Å²) in [7, 11) is -3.22. The maximum absolute atomic E-state index is 12.6. The van der Waals surface area contributed by atoms with Gasteiger partial charge in [-0.05, 0) is 30.3 Å². The number of likely N-dealkylation sites (N-methyl/N-ethyl adjacent to an activating group) is 1. The van der Waals surface area contributed by atoms with Gasteiger partial charge in [-0.15, -0.1) is 11.3 Å². The summed E-state index contributed by atoms with van der Waals surface area (Å²) in [6.45, 7) is 0. The normalized spacial score (nSPS) is 11.8. The molecule has 0 unspecified atom stereocenters. The molecule has 0 spiro atoms. The largest absolute Gasteiger partial charge is 0.289 e. The Labute approximate surface area is 168 Å². The summed E-state index contributed by atoms with van der Waals surface area (Å²) < 4.78 is 26.6. The Morgan fingerprint density at radius 3 is 2.68 bits per heavy atom. The molecule has 0 N–H and O–H groups in total. The minimum Gasteiger partial charge on any atom is -0.269 e. The summed E-state index contributed by atoms with van der Waals surface area (Å²) in [4.78, 5) is 26.4. The van der Waals surface area contributed by atoms with Crippen LogP contribution < -0.4 is 0 Å². The predicted octanol–water partition coefficient (Wildman–Crippen LogP) is 3.72. The molecule has 8 nitrogen and oxygen atoms in total. The van der Waals surface area contributed by atoms with Crippen LogP contribution in [-0.2, 0) is 14.8 Å². The maximum Gasteiger partial charge on any atom is 0.289 e. The molecule has 2 aromatic carbocycles. The number of para-hydroxylation sites is 1. The third kappa shape index (κ3) is 3.88. The monoisotopic (exact) mass is 437 g/mol. The Hall–Kier alpha value is -2.82. The number of sulfonamides is 1. The van der Waals surface area contributed by atoms with Crippen molar-refractivity contribution in [3.8, 4) is 0 Å². The van der Waals surface area contributed by atoms with Crippen LogP contribution in [0, 0.1) is 10.1 Å². The number of amides is 1. The van der Waals surface area contributed by atoms with Crippen molar-refractivity contribution in [1.29, 1.82) is 0 Å². The van der Waals surface area contributed by atoms with E-state index in [1.807, 2.05) is 24.3 Å². The Bertz CT molecular complexity index is 1190. The number of nitrogens with zero attached hydrogens (tertiary/aromatic N) is 3. The van der Waals surface area contributed by atoms with E-state index in [1.54, 1.807) is 0 Å². The van der Waals surface area contributed by atoms with Crippen LogP contribution in [0.1, 0.15) is 5.01 Å². The van der Waals surface area contributed by atoms with Gasteiger partial charge in [0.1, 0.15) is 10.0 Å². The standard InChI is InChI=1S/C17H12ClN3O5S2/c1-20(28(25,26)11-6-7-12(18)14(10-11)21(23)24)17(22)9-8-16-19-13-4-2-3-5-15(13)27-16/h2-10H,1H3/b9-8+. The first-order valence-corrected chi connectivity index (χ1v) is 10.3. The van der Waals surface area contributed by atoms with Crippen LogP contribution in [0.25, 0.3) is 16.3 Å². The average molecular weight is 438 g/mol. The van der Waals surface area contributed by atoms with Gasteiger partial charge in [0, 0.05) is 19.2 Å². The second kappa shape index (κ2) is 7.66. The van der Waals surface area contributed by atoms with Crippen molar-refractivity contribution in [2.45, 2.75) is 4.90 Å². The molecule has 0 radical (unpaired) electrons. The lowest BCUT2D eigenvalue weighted by Gasteiger charge is -2.15. The fourth-order valence-corrected chi connectivity index (χ4v) is 4.45. The Balaban J connectivity index is 1.85. The molecule has 0 saturated heterocycles. The minimum absolute atomic E-state index is 0.200. The van der Waals surface area contributed by atoms with Crippen molar-refractivity contribution >= 4 is 60.8 Å². The van der Waals surface area contributed by atoms with E-state index in [4.69, 9.17) is 11.6 Å². The molecule has 1 amide bonds. The molecular weight excluding hydrogens is 426 g/mol. The smallest absolute Gasteiger partial charge is 0.269 e. The molecule has 0 bridgehead atoms. The Morgan fingerprint density at radius 2 is 2.00 bits per heavy atom. The number of carbonyl (C=O) groups is 1. The first-order chi connectivity index (χ1) is 13.2. The van der Waals surface area contributed by atoms with Gasteiger partial charge in [0.15, 0.2) is 0 Å². The van der Waals surface area contributed by atoms with Crippen LogP contribution >= 0.6 is 22.9 Å². The van der Waals surface area contributed by atoms with Gasteiger partial charge in [-0.25, -0.2) is 17.7 Å². The predicted molar refractivity (Wildman–Crippen MR) is 107 cm³/mol. The van der Waals surface area contributed by atoms with Crippen LogP contribution in [0.5, 0.6) is 0 Å². The van der Waals surface area contributed by atoms with Crippen LogP contribution in [0.4, 0.5) is 5.69 Å². The van der Waals surface area contributed by atoms with E-state index < -0.39 is 31.4 Å². The molecule has 0 aliphatic rings. The lowest BCUT2D eigenvalue weighted by molar-refractivity contribution is -0.384. The van der Waals surface area contributed by atoms with Crippen molar-refractivity contribution in [2.24, 2.45) is 0 Å². The topological polar surface area (TPSA) is 110 Å². The third-order valence-electron chi connectivity index (χ3n) is 3.76. The summed E-state index contributed by atoms with van der Waals surface area (Å²) in [5.74, 6) is -0.822. The summed E-state index contributed by atoms with van der Waals surface area (Å²) in [6, 6.07) is 10.4. The van der Waals surface area contributed by atoms with Gasteiger partial charge in [0.2, 0.25) is 0 Å². The second-order valence-corrected chi connectivity index (χ2v) is 8.97. The third-order valence-corrected chi connectivity index (χ3v) is 6.83. The highest BCUT2D eigenvalue weighted by atomic mass is 35.5. The molecule has 3 aromatic rings. The number of fused-ring (bicyclic) bond motifs is 1. The Morgan fingerprint density at radius 1 is 1.29 bits per heavy atom. The van der Waals surface area contributed by atoms with Gasteiger partial charge < -0.3 is 0 Å². The summed E-state index contributed by atoms with van der Waals surface area (Å²) >= 11 is 7.05. The first kappa shape index (κ1) is 19.9. The minimum atomic E-state index is -4.29. The maximum atomic E-state index is 12.6. The molecule has 3 rings (SSSR count). The number of nitro benzene ring substituents is 1. The number of hydrogen-bond donors (Lipinski definition) is 0. The van der Waals surface area contributed by atoms with Crippen LogP contribution in [0.15, 0.2) is 53.4 Å². The van der Waals surface area contributed by atoms with Crippen LogP contribution in [0.2, 0.25) is 5.02 Å². The molecular formula is C17H12ClN3O5S2. The van der Waals surface area contributed by atoms with Gasteiger partial charge in [-0.3, -0.25) is 14.9 Å². The van der Waals surface area contributed by atoms with Crippen LogP contribution in [0.3, 0.4) is 0 Å². The van der Waals surface area contributed by atoms with Crippen molar-refractivity contribution in [2.75, 3.05) is 7.05 Å². The van der Waals surface area contributed by atoms with E-state index in [1.165, 1.54) is 17.4 Å². The summed E-state index contributed by atoms with van der Waals surface area (Å²) in [5, 5.41) is 11.3. The number of aromatic nitrogens is 1. The quantitative estimate of drug-likeness (QED) is 0.341. The lowest BCUT2D eigenvalue weighted by Crippen LogP contribution is -2.31. The van der Waals surface area contributed by atoms with Crippen molar-refractivity contribution in [3.05, 3.63) is 68.7 Å². The fraction of sp³-hybridized carbons (Fsp3) is 0.0588. The van der Waals surface area contributed by atoms with Gasteiger partial charge in [-0.2, -0.15) is 0 Å². The second-order valence-electron chi connectivity index (χ2n) is 5.53. The SMILES string of the molecule is CN(C(=O)/C=C/c1nc2ccccc2s1)S(=O)(=O)c1ccc(Cl)c([N+](=O)[O-])c1. The zero-order valence-electron chi connectivity index (χ0n) is 14.3. The van der Waals surface area contributed by atoms with E-state index in [-0.39, 0.29) is 5.02 Å². The molecule has 0 aliphatic heterocycles. The molecule has 0 aliphatic carbocycles. The molecule has 1 aromatic heterocycles. The Kier molecular flexibility index (Phi) is 5.45. The zero-order valence-corrected chi connectivity index (χ0v) is 16.7. The van der Waals surface area contributed by atoms with Gasteiger partial charge in [-0.1, -0.05) is 23.7 Å². The molecule has 0 fully saturated rings. The summed E-state index contributed by atoms with van der Waals surface area (Å²) in [6.07, 6.45) is 2.50. The molecule has 144 valence electrons. The van der Waals surface area contributed by atoms with Crippen molar-refractivity contribution in [3.63, 3.8) is 0 Å². The zero-order chi connectivity index (χ0) is 20.5. The number of halogens is 1. The molecule has 1 heterocycles. The highest BCUT2D eigenvalue weighted by molar-refractivity contribution is 7.89. The number of rotatable bonds is 5. The number of thiazole rings is 1. The molecule has 0 atom stereocenters. The number of hydrogen-bond acceptors (Lipinski definition) is 7.